The van der Waals surface area contributed by atoms with Crippen LogP contribution >= 0.6 is 11.8 Å². The molecule has 1 N–H and O–H groups in total. The fraction of sp³-hybridized carbons (Fsp3) is 0.538. The van der Waals surface area contributed by atoms with Gasteiger partial charge in [-0.2, -0.15) is 0 Å². The Morgan fingerprint density at radius 3 is 2.48 bits per heavy atom. The lowest BCUT2D eigenvalue weighted by molar-refractivity contribution is -0.118. The Hall–Kier alpha value is -2.25. The average Bonchev–Trinajstić information content (AvgIpc) is 3.63. The molecule has 2 fully saturated rings. The Kier molecular flexibility index (Phi) is 7.81. The molecule has 1 atom stereocenters. The van der Waals surface area contributed by atoms with Crippen LogP contribution in [0.5, 0.6) is 0 Å². The van der Waals surface area contributed by atoms with Crippen LogP contribution < -0.4 is 5.32 Å². The topological polar surface area (TPSA) is 81.2 Å². The number of thioether (sulfide) groups is 1. The van der Waals surface area contributed by atoms with Crippen molar-refractivity contribution >= 4 is 29.3 Å². The second-order valence-electron chi connectivity index (χ2n) is 9.45. The van der Waals surface area contributed by atoms with Gasteiger partial charge in [-0.3, -0.25) is 9.59 Å². The number of carbonyl (C=O) groups is 2. The van der Waals surface area contributed by atoms with Crippen molar-refractivity contribution in [3.8, 4) is 0 Å². The quantitative estimate of drug-likeness (QED) is 0.484. The first-order chi connectivity index (χ1) is 15.9. The maximum Gasteiger partial charge on any atom is 0.233 e. The van der Waals surface area contributed by atoms with Crippen molar-refractivity contribution in [2.24, 2.45) is 5.92 Å². The van der Waals surface area contributed by atoms with E-state index in [0.29, 0.717) is 17.7 Å². The minimum atomic E-state index is -0.278. The summed E-state index contributed by atoms with van der Waals surface area (Å²) in [6, 6.07) is 6.58. The molecule has 7 heteroatoms. The van der Waals surface area contributed by atoms with Crippen molar-refractivity contribution in [3.05, 3.63) is 47.4 Å². The average molecular weight is 468 g/mol. The Bertz CT molecular complexity index is 983. The van der Waals surface area contributed by atoms with E-state index in [9.17, 15) is 9.59 Å². The molecule has 1 saturated carbocycles. The molecule has 0 bridgehead atoms. The number of hydrogen-bond donors (Lipinski definition) is 1. The Labute approximate surface area is 200 Å². The van der Waals surface area contributed by atoms with E-state index in [2.05, 4.69) is 47.3 Å². The zero-order valence-corrected chi connectivity index (χ0v) is 20.5. The third-order valence-electron chi connectivity index (χ3n) is 6.37. The standard InChI is InChI=1S/C26H33N3O3S/c1-16(2)21-13-19(4-7-24(21)33-20-5-6-20)22(12-18-8-10-32-11-9-18)26(31)29-25-15-27-23(14-28-25)17(3)30/h4,7,13-16,18,20,22H,5-6,8-12H2,1-3H3,(H,28,29,31)/t22-/m1/s1. The molecular weight excluding hydrogens is 434 g/mol. The number of ketones is 1. The summed E-state index contributed by atoms with van der Waals surface area (Å²) in [7, 11) is 0. The number of rotatable bonds is 9. The van der Waals surface area contributed by atoms with Crippen molar-refractivity contribution in [2.45, 2.75) is 74.9 Å². The highest BCUT2D eigenvalue weighted by Gasteiger charge is 2.29. The third kappa shape index (κ3) is 6.42. The third-order valence-corrected chi connectivity index (χ3v) is 7.80. The van der Waals surface area contributed by atoms with Crippen LogP contribution in [0.4, 0.5) is 5.82 Å². The SMILES string of the molecule is CC(=O)c1cnc(NC(=O)[C@H](CC2CCOCC2)c2ccc(SC3CC3)c(C(C)C)c2)cn1. The number of ether oxygens (including phenoxy) is 1. The fourth-order valence-electron chi connectivity index (χ4n) is 4.21. The number of aromatic nitrogens is 2. The molecule has 2 aromatic rings. The smallest absolute Gasteiger partial charge is 0.233 e. The number of nitrogens with one attached hydrogen (secondary N) is 1. The van der Waals surface area contributed by atoms with Gasteiger partial charge in [0.05, 0.1) is 18.3 Å². The van der Waals surface area contributed by atoms with E-state index in [0.717, 1.165) is 43.3 Å². The van der Waals surface area contributed by atoms with Crippen LogP contribution in [0.25, 0.3) is 0 Å². The van der Waals surface area contributed by atoms with Gasteiger partial charge >= 0.3 is 0 Å². The number of nitrogens with zero attached hydrogens (tertiary/aromatic N) is 2. The molecule has 1 aliphatic carbocycles. The van der Waals surface area contributed by atoms with Gasteiger partial charge in [-0.05, 0) is 61.1 Å². The van der Waals surface area contributed by atoms with Crippen molar-refractivity contribution in [3.63, 3.8) is 0 Å². The molecule has 4 rings (SSSR count). The Morgan fingerprint density at radius 2 is 1.88 bits per heavy atom. The summed E-state index contributed by atoms with van der Waals surface area (Å²) in [5, 5.41) is 3.68. The summed E-state index contributed by atoms with van der Waals surface area (Å²) in [6.07, 6.45) is 8.18. The first-order valence-corrected chi connectivity index (χ1v) is 12.8. The zero-order chi connectivity index (χ0) is 23.4. The van der Waals surface area contributed by atoms with Crippen LogP contribution in [-0.2, 0) is 9.53 Å². The number of anilines is 1. The lowest BCUT2D eigenvalue weighted by Crippen LogP contribution is -2.26. The molecule has 1 aromatic heterocycles. The molecule has 0 spiro atoms. The van der Waals surface area contributed by atoms with E-state index in [1.807, 2.05) is 11.8 Å². The number of Topliss-reactive ketones (excluding diaryl/α,β-unsaturated/α-hetero) is 1. The molecule has 176 valence electrons. The molecule has 6 nitrogen and oxygen atoms in total. The Balaban J connectivity index is 1.58. The van der Waals surface area contributed by atoms with E-state index in [1.54, 1.807) is 0 Å². The highest BCUT2D eigenvalue weighted by molar-refractivity contribution is 8.00. The van der Waals surface area contributed by atoms with Crippen molar-refractivity contribution in [1.29, 1.82) is 0 Å². The van der Waals surface area contributed by atoms with Crippen LogP contribution in [0, 0.1) is 5.92 Å². The lowest BCUT2D eigenvalue weighted by atomic mass is 9.83. The minimum Gasteiger partial charge on any atom is -0.381 e. The second kappa shape index (κ2) is 10.8. The predicted octanol–water partition coefficient (Wildman–Crippen LogP) is 5.60. The molecule has 0 unspecified atom stereocenters. The highest BCUT2D eigenvalue weighted by Crippen LogP contribution is 2.43. The highest BCUT2D eigenvalue weighted by atomic mass is 32.2. The summed E-state index contributed by atoms with van der Waals surface area (Å²) >= 11 is 1.97. The molecule has 33 heavy (non-hydrogen) atoms. The van der Waals surface area contributed by atoms with Crippen LogP contribution in [0.3, 0.4) is 0 Å². The molecule has 2 heterocycles. The molecule has 0 radical (unpaired) electrons. The fourth-order valence-corrected chi connectivity index (χ4v) is 5.51. The molecule has 1 amide bonds. The van der Waals surface area contributed by atoms with Gasteiger partial charge in [0.15, 0.2) is 11.6 Å². The number of hydrogen-bond acceptors (Lipinski definition) is 6. The first kappa shape index (κ1) is 23.9. The normalized spacial score (nSPS) is 17.7. The van der Waals surface area contributed by atoms with Crippen molar-refractivity contribution in [1.82, 2.24) is 9.97 Å². The molecule has 1 aliphatic heterocycles. The lowest BCUT2D eigenvalue weighted by Gasteiger charge is -2.27. The predicted molar refractivity (Wildman–Crippen MR) is 131 cm³/mol. The summed E-state index contributed by atoms with van der Waals surface area (Å²) in [5.74, 6) is 0.699. The largest absolute Gasteiger partial charge is 0.381 e. The van der Waals surface area contributed by atoms with Crippen LogP contribution in [-0.4, -0.2) is 40.1 Å². The van der Waals surface area contributed by atoms with Gasteiger partial charge in [-0.1, -0.05) is 26.0 Å². The number of amides is 1. The summed E-state index contributed by atoms with van der Waals surface area (Å²) in [5.41, 5.74) is 2.66. The van der Waals surface area contributed by atoms with Gasteiger partial charge < -0.3 is 10.1 Å². The molecule has 1 aromatic carbocycles. The van der Waals surface area contributed by atoms with Crippen LogP contribution in [0.15, 0.2) is 35.5 Å². The van der Waals surface area contributed by atoms with E-state index >= 15 is 0 Å². The summed E-state index contributed by atoms with van der Waals surface area (Å²) < 4.78 is 5.53. The van der Waals surface area contributed by atoms with Gasteiger partial charge in [-0.25, -0.2) is 9.97 Å². The molecule has 2 aliphatic rings. The Morgan fingerprint density at radius 1 is 1.12 bits per heavy atom. The van der Waals surface area contributed by atoms with Crippen molar-refractivity contribution < 1.29 is 14.3 Å². The monoisotopic (exact) mass is 467 g/mol. The number of carbonyl (C=O) groups excluding carboxylic acids is 2. The van der Waals surface area contributed by atoms with Crippen LogP contribution in [0.2, 0.25) is 0 Å². The maximum absolute atomic E-state index is 13.5. The first-order valence-electron chi connectivity index (χ1n) is 11.9. The van der Waals surface area contributed by atoms with Gasteiger partial charge in [0.1, 0.15) is 5.69 Å². The van der Waals surface area contributed by atoms with Crippen LogP contribution in [0.1, 0.15) is 86.3 Å². The van der Waals surface area contributed by atoms with Gasteiger partial charge in [-0.15, -0.1) is 11.8 Å². The molecule has 1 saturated heterocycles. The van der Waals surface area contributed by atoms with E-state index in [1.165, 1.54) is 42.6 Å². The van der Waals surface area contributed by atoms with Gasteiger partial charge in [0.25, 0.3) is 0 Å². The molecular formula is C26H33N3O3S. The maximum atomic E-state index is 13.5. The second-order valence-corrected chi connectivity index (χ2v) is 10.8. The van der Waals surface area contributed by atoms with Gasteiger partial charge in [0, 0.05) is 30.3 Å². The summed E-state index contributed by atoms with van der Waals surface area (Å²) in [6.45, 7) is 7.39. The van der Waals surface area contributed by atoms with Gasteiger partial charge in [0.2, 0.25) is 5.91 Å². The van der Waals surface area contributed by atoms with E-state index in [4.69, 9.17) is 4.74 Å². The van der Waals surface area contributed by atoms with Crippen molar-refractivity contribution in [2.75, 3.05) is 18.5 Å². The number of benzene rings is 1. The van der Waals surface area contributed by atoms with E-state index in [-0.39, 0.29) is 23.3 Å². The van der Waals surface area contributed by atoms with E-state index < -0.39 is 0 Å². The zero-order valence-electron chi connectivity index (χ0n) is 19.7. The minimum absolute atomic E-state index is 0.0799. The summed E-state index contributed by atoms with van der Waals surface area (Å²) in [4.78, 5) is 34.6.